The molecule has 0 radical (unpaired) electrons. The smallest absolute Gasteiger partial charge is 0.272 e. The molecule has 4 nitrogen and oxygen atoms in total. The third kappa shape index (κ3) is 3.56. The zero-order valence-electron chi connectivity index (χ0n) is 10.9. The van der Waals surface area contributed by atoms with Crippen LogP contribution in [0.1, 0.15) is 35.2 Å². The normalized spacial score (nSPS) is 16.3. The van der Waals surface area contributed by atoms with E-state index in [1.165, 1.54) is 6.07 Å². The van der Waals surface area contributed by atoms with Crippen molar-refractivity contribution in [3.63, 3.8) is 0 Å². The lowest BCUT2D eigenvalue weighted by Crippen LogP contribution is -2.14. The van der Waals surface area contributed by atoms with Crippen LogP contribution in [-0.2, 0) is 0 Å². The Morgan fingerprint density at radius 2 is 2.11 bits per heavy atom. The van der Waals surface area contributed by atoms with E-state index in [2.05, 4.69) is 0 Å². The molecule has 0 unspecified atom stereocenters. The van der Waals surface area contributed by atoms with Crippen LogP contribution in [0.3, 0.4) is 0 Å². The summed E-state index contributed by atoms with van der Waals surface area (Å²) < 4.78 is 0. The minimum Gasteiger partial charge on any atom is -0.294 e. The first-order valence-electron chi connectivity index (χ1n) is 6.44. The van der Waals surface area contributed by atoms with Crippen LogP contribution in [0.4, 0.5) is 5.69 Å². The van der Waals surface area contributed by atoms with E-state index in [0.29, 0.717) is 23.5 Å². The zero-order chi connectivity index (χ0) is 13.8. The van der Waals surface area contributed by atoms with Gasteiger partial charge < -0.3 is 0 Å². The van der Waals surface area contributed by atoms with Gasteiger partial charge in [0.25, 0.3) is 5.69 Å². The molecule has 1 aromatic rings. The van der Waals surface area contributed by atoms with Gasteiger partial charge in [-0.1, -0.05) is 0 Å². The molecule has 5 heteroatoms. The van der Waals surface area contributed by atoms with Crippen molar-refractivity contribution in [3.8, 4) is 0 Å². The van der Waals surface area contributed by atoms with Crippen LogP contribution < -0.4 is 0 Å². The van der Waals surface area contributed by atoms with Crippen molar-refractivity contribution < 1.29 is 9.72 Å². The number of carbonyl (C=O) groups is 1. The van der Waals surface area contributed by atoms with Crippen LogP contribution in [0.5, 0.6) is 0 Å². The Morgan fingerprint density at radius 1 is 1.42 bits per heavy atom. The summed E-state index contributed by atoms with van der Waals surface area (Å²) in [6.45, 7) is 1.67. The molecule has 0 bridgehead atoms. The van der Waals surface area contributed by atoms with E-state index in [0.717, 1.165) is 24.3 Å². The number of nitro benzene ring substituents is 1. The van der Waals surface area contributed by atoms with Crippen LogP contribution >= 0.6 is 11.8 Å². The van der Waals surface area contributed by atoms with Crippen molar-refractivity contribution in [1.82, 2.24) is 0 Å². The van der Waals surface area contributed by atoms with E-state index in [-0.39, 0.29) is 11.5 Å². The highest BCUT2D eigenvalue weighted by molar-refractivity contribution is 7.99. The first-order valence-corrected chi connectivity index (χ1v) is 7.59. The van der Waals surface area contributed by atoms with E-state index in [1.54, 1.807) is 19.1 Å². The molecule has 0 spiro atoms. The summed E-state index contributed by atoms with van der Waals surface area (Å²) in [5.41, 5.74) is 1.22. The molecule has 1 aliphatic rings. The Kier molecular flexibility index (Phi) is 4.58. The van der Waals surface area contributed by atoms with Crippen molar-refractivity contribution >= 4 is 23.2 Å². The fraction of sp³-hybridized carbons (Fsp3) is 0.500. The zero-order valence-corrected chi connectivity index (χ0v) is 11.7. The molecule has 0 saturated carbocycles. The lowest BCUT2D eigenvalue weighted by molar-refractivity contribution is -0.385. The number of hydrogen-bond donors (Lipinski definition) is 0. The SMILES string of the molecule is Cc1cc(C(=O)CC2CCSCC2)ccc1[N+](=O)[O-]. The number of thioether (sulfide) groups is 1. The molecule has 1 fully saturated rings. The van der Waals surface area contributed by atoms with Crippen molar-refractivity contribution in [3.05, 3.63) is 39.4 Å². The van der Waals surface area contributed by atoms with E-state index < -0.39 is 4.92 Å². The van der Waals surface area contributed by atoms with Crippen LogP contribution in [0.15, 0.2) is 18.2 Å². The summed E-state index contributed by atoms with van der Waals surface area (Å²) in [4.78, 5) is 22.5. The van der Waals surface area contributed by atoms with Crippen molar-refractivity contribution in [2.45, 2.75) is 26.2 Å². The van der Waals surface area contributed by atoms with Gasteiger partial charge in [-0.15, -0.1) is 0 Å². The lowest BCUT2D eigenvalue weighted by Gasteiger charge is -2.20. The van der Waals surface area contributed by atoms with Crippen LogP contribution in [0.2, 0.25) is 0 Å². The molecule has 0 N–H and O–H groups in total. The fourth-order valence-electron chi connectivity index (χ4n) is 2.36. The van der Waals surface area contributed by atoms with Gasteiger partial charge in [0.15, 0.2) is 5.78 Å². The second-order valence-corrected chi connectivity index (χ2v) is 6.17. The number of rotatable bonds is 4. The van der Waals surface area contributed by atoms with Gasteiger partial charge in [0.1, 0.15) is 0 Å². The third-order valence-electron chi connectivity index (χ3n) is 3.53. The molecule has 19 heavy (non-hydrogen) atoms. The van der Waals surface area contributed by atoms with Crippen LogP contribution in [0.25, 0.3) is 0 Å². The summed E-state index contributed by atoms with van der Waals surface area (Å²) in [5, 5.41) is 10.7. The largest absolute Gasteiger partial charge is 0.294 e. The second-order valence-electron chi connectivity index (χ2n) is 4.94. The monoisotopic (exact) mass is 279 g/mol. The highest BCUT2D eigenvalue weighted by Crippen LogP contribution is 2.27. The minimum absolute atomic E-state index is 0.0746. The number of Topliss-reactive ketones (excluding diaryl/α,β-unsaturated/α-hetero) is 1. The Labute approximate surface area is 116 Å². The summed E-state index contributed by atoms with van der Waals surface area (Å²) in [5.74, 6) is 2.85. The van der Waals surface area contributed by atoms with Gasteiger partial charge in [-0.2, -0.15) is 11.8 Å². The second kappa shape index (κ2) is 6.19. The van der Waals surface area contributed by atoms with E-state index in [1.807, 2.05) is 11.8 Å². The minimum atomic E-state index is -0.415. The van der Waals surface area contributed by atoms with Gasteiger partial charge in [-0.3, -0.25) is 14.9 Å². The maximum atomic E-state index is 12.2. The third-order valence-corrected chi connectivity index (χ3v) is 4.58. The number of benzene rings is 1. The maximum Gasteiger partial charge on any atom is 0.272 e. The van der Waals surface area contributed by atoms with Crippen molar-refractivity contribution in [2.75, 3.05) is 11.5 Å². The van der Waals surface area contributed by atoms with Crippen LogP contribution in [-0.4, -0.2) is 22.2 Å². The molecular weight excluding hydrogens is 262 g/mol. The predicted molar refractivity (Wildman–Crippen MR) is 76.8 cm³/mol. The number of nitrogens with zero attached hydrogens (tertiary/aromatic N) is 1. The van der Waals surface area contributed by atoms with Gasteiger partial charge >= 0.3 is 0 Å². The molecular formula is C14H17NO3S. The van der Waals surface area contributed by atoms with E-state index in [9.17, 15) is 14.9 Å². The van der Waals surface area contributed by atoms with Crippen LogP contribution in [0, 0.1) is 23.0 Å². The Hall–Kier alpha value is -1.36. The van der Waals surface area contributed by atoms with E-state index in [4.69, 9.17) is 0 Å². The number of hydrogen-bond acceptors (Lipinski definition) is 4. The van der Waals surface area contributed by atoms with Gasteiger partial charge in [-0.05, 0) is 49.3 Å². The van der Waals surface area contributed by atoms with Gasteiger partial charge in [0, 0.05) is 23.6 Å². The molecule has 0 aliphatic carbocycles. The van der Waals surface area contributed by atoms with E-state index >= 15 is 0 Å². The fourth-order valence-corrected chi connectivity index (χ4v) is 3.57. The highest BCUT2D eigenvalue weighted by atomic mass is 32.2. The maximum absolute atomic E-state index is 12.2. The van der Waals surface area contributed by atoms with Gasteiger partial charge in [0.2, 0.25) is 0 Å². The lowest BCUT2D eigenvalue weighted by atomic mass is 9.93. The summed E-state index contributed by atoms with van der Waals surface area (Å²) in [6.07, 6.45) is 2.77. The Balaban J connectivity index is 2.06. The molecule has 1 aliphatic heterocycles. The first kappa shape index (κ1) is 14.1. The van der Waals surface area contributed by atoms with Crippen molar-refractivity contribution in [2.24, 2.45) is 5.92 Å². The standard InChI is InChI=1S/C14H17NO3S/c1-10-8-12(2-3-13(10)15(17)18)14(16)9-11-4-6-19-7-5-11/h2-3,8,11H,4-7,9H2,1H3. The van der Waals surface area contributed by atoms with Gasteiger partial charge in [0.05, 0.1) is 4.92 Å². The molecule has 0 atom stereocenters. The quantitative estimate of drug-likeness (QED) is 0.480. The average Bonchev–Trinajstić information content (AvgIpc) is 2.39. The Bertz CT molecular complexity index is 495. The highest BCUT2D eigenvalue weighted by Gasteiger charge is 2.19. The Morgan fingerprint density at radius 3 is 2.68 bits per heavy atom. The number of carbonyl (C=O) groups excluding carboxylic acids is 1. The molecule has 1 aromatic carbocycles. The number of nitro groups is 1. The first-order chi connectivity index (χ1) is 9.08. The molecule has 0 amide bonds. The molecule has 2 rings (SSSR count). The summed E-state index contributed by atoms with van der Waals surface area (Å²) in [6, 6.07) is 4.64. The predicted octanol–water partition coefficient (Wildman–Crippen LogP) is 3.62. The molecule has 0 aromatic heterocycles. The summed E-state index contributed by atoms with van der Waals surface area (Å²) in [7, 11) is 0. The van der Waals surface area contributed by atoms with Gasteiger partial charge in [-0.25, -0.2) is 0 Å². The summed E-state index contributed by atoms with van der Waals surface area (Å²) >= 11 is 1.94. The molecule has 1 saturated heterocycles. The molecule has 102 valence electrons. The molecule has 1 heterocycles. The average molecular weight is 279 g/mol. The topological polar surface area (TPSA) is 60.2 Å². The number of ketones is 1. The number of aryl methyl sites for hydroxylation is 1. The van der Waals surface area contributed by atoms with Crippen molar-refractivity contribution in [1.29, 1.82) is 0 Å².